The van der Waals surface area contributed by atoms with E-state index in [1.807, 2.05) is 0 Å². The Kier molecular flexibility index (Phi) is 5.56. The van der Waals surface area contributed by atoms with Crippen LogP contribution < -0.4 is 10.5 Å². The predicted molar refractivity (Wildman–Crippen MR) is 78.4 cm³/mol. The summed E-state index contributed by atoms with van der Waals surface area (Å²) in [5.41, 5.74) is 6.01. The first kappa shape index (κ1) is 17.3. The highest BCUT2D eigenvalue weighted by Gasteiger charge is 2.28. The summed E-state index contributed by atoms with van der Waals surface area (Å²) in [5, 5.41) is 0. The van der Waals surface area contributed by atoms with Gasteiger partial charge in [0.1, 0.15) is 10.6 Å². The molecule has 21 heavy (non-hydrogen) atoms. The molecule has 1 atom stereocenters. The van der Waals surface area contributed by atoms with Crippen LogP contribution in [-0.4, -0.2) is 46.5 Å². The van der Waals surface area contributed by atoms with Crippen LogP contribution in [0.2, 0.25) is 0 Å². The molecule has 0 aliphatic carbocycles. The number of esters is 1. The molecule has 2 N–H and O–H groups in total. The maximum absolute atomic E-state index is 12.5. The molecule has 0 bridgehead atoms. The number of nitrogen functional groups attached to an aromatic ring is 1. The summed E-state index contributed by atoms with van der Waals surface area (Å²) in [6.45, 7) is 1.60. The smallest absolute Gasteiger partial charge is 0.309 e. The number of anilines is 1. The fraction of sp³-hybridized carbons (Fsp3) is 0.462. The molecular formula is C13H20N2O5S. The van der Waals surface area contributed by atoms with Gasteiger partial charge in [0.05, 0.1) is 20.1 Å². The monoisotopic (exact) mass is 316 g/mol. The average molecular weight is 316 g/mol. The number of nitrogens with zero attached hydrogens (tertiary/aromatic N) is 1. The van der Waals surface area contributed by atoms with Gasteiger partial charge in [-0.15, -0.1) is 0 Å². The Morgan fingerprint density at radius 1 is 1.38 bits per heavy atom. The number of sulfonamides is 1. The van der Waals surface area contributed by atoms with Crippen LogP contribution in [-0.2, 0) is 19.6 Å². The minimum absolute atomic E-state index is 0.00114. The number of ether oxygens (including phenoxy) is 2. The van der Waals surface area contributed by atoms with Crippen LogP contribution >= 0.6 is 0 Å². The second-order valence-corrected chi connectivity index (χ2v) is 6.63. The first-order chi connectivity index (χ1) is 9.73. The lowest BCUT2D eigenvalue weighted by Crippen LogP contribution is -2.34. The van der Waals surface area contributed by atoms with Crippen molar-refractivity contribution >= 4 is 21.7 Å². The van der Waals surface area contributed by atoms with Gasteiger partial charge in [-0.05, 0) is 12.1 Å². The van der Waals surface area contributed by atoms with Gasteiger partial charge in [-0.25, -0.2) is 8.42 Å². The van der Waals surface area contributed by atoms with Gasteiger partial charge in [0.2, 0.25) is 10.0 Å². The quantitative estimate of drug-likeness (QED) is 0.613. The molecule has 1 rings (SSSR count). The Bertz CT molecular complexity index is 615. The number of carbonyl (C=O) groups excluding carboxylic acids is 1. The number of methoxy groups -OCH3 is 2. The highest BCUT2D eigenvalue weighted by atomic mass is 32.2. The lowest BCUT2D eigenvalue weighted by atomic mass is 10.2. The maximum atomic E-state index is 12.5. The SMILES string of the molecule is COC(=O)C(C)CN(C)S(=O)(=O)c1ccc(N)cc1OC. The van der Waals surface area contributed by atoms with E-state index in [2.05, 4.69) is 4.74 Å². The summed E-state index contributed by atoms with van der Waals surface area (Å²) in [7, 11) is 0.229. The number of benzene rings is 1. The zero-order chi connectivity index (χ0) is 16.2. The summed E-state index contributed by atoms with van der Waals surface area (Å²) < 4.78 is 35.8. The summed E-state index contributed by atoms with van der Waals surface area (Å²) in [6, 6.07) is 4.29. The molecule has 8 heteroatoms. The molecule has 0 amide bonds. The normalized spacial score (nSPS) is 13.0. The molecule has 118 valence electrons. The van der Waals surface area contributed by atoms with Crippen molar-refractivity contribution in [2.24, 2.45) is 5.92 Å². The van der Waals surface area contributed by atoms with Gasteiger partial charge < -0.3 is 15.2 Å². The zero-order valence-corrected chi connectivity index (χ0v) is 13.3. The van der Waals surface area contributed by atoms with Gasteiger partial charge in [0.15, 0.2) is 0 Å². The van der Waals surface area contributed by atoms with Gasteiger partial charge in [-0.3, -0.25) is 4.79 Å². The van der Waals surface area contributed by atoms with Gasteiger partial charge in [0.25, 0.3) is 0 Å². The van der Waals surface area contributed by atoms with Crippen molar-refractivity contribution in [2.75, 3.05) is 33.5 Å². The lowest BCUT2D eigenvalue weighted by Gasteiger charge is -2.21. The molecule has 0 aliphatic rings. The molecule has 0 saturated heterocycles. The van der Waals surface area contributed by atoms with E-state index < -0.39 is 21.9 Å². The Labute approximate surface area is 124 Å². The van der Waals surface area contributed by atoms with Gasteiger partial charge in [0, 0.05) is 25.3 Å². The Morgan fingerprint density at radius 3 is 2.52 bits per heavy atom. The van der Waals surface area contributed by atoms with Gasteiger partial charge >= 0.3 is 5.97 Å². The molecule has 1 unspecified atom stereocenters. The summed E-state index contributed by atoms with van der Waals surface area (Å²) in [5.74, 6) is -0.886. The third-order valence-electron chi connectivity index (χ3n) is 3.01. The van der Waals surface area contributed by atoms with E-state index in [0.29, 0.717) is 5.69 Å². The van der Waals surface area contributed by atoms with Crippen molar-refractivity contribution < 1.29 is 22.7 Å². The number of carbonyl (C=O) groups is 1. The van der Waals surface area contributed by atoms with Crippen LogP contribution in [0.1, 0.15) is 6.92 Å². The van der Waals surface area contributed by atoms with Crippen LogP contribution in [0, 0.1) is 5.92 Å². The van der Waals surface area contributed by atoms with E-state index in [1.54, 1.807) is 6.92 Å². The highest BCUT2D eigenvalue weighted by molar-refractivity contribution is 7.89. The van der Waals surface area contributed by atoms with E-state index in [9.17, 15) is 13.2 Å². The average Bonchev–Trinajstić information content (AvgIpc) is 2.45. The molecule has 0 spiro atoms. The molecule has 7 nitrogen and oxygen atoms in total. The molecule has 1 aromatic rings. The second-order valence-electron chi connectivity index (χ2n) is 4.62. The minimum atomic E-state index is -3.79. The van der Waals surface area contributed by atoms with Crippen LogP contribution in [0.3, 0.4) is 0 Å². The van der Waals surface area contributed by atoms with E-state index in [0.717, 1.165) is 4.31 Å². The number of hydrogen-bond donors (Lipinski definition) is 1. The van der Waals surface area contributed by atoms with Crippen molar-refractivity contribution in [3.05, 3.63) is 18.2 Å². The number of nitrogens with two attached hydrogens (primary N) is 1. The third kappa shape index (κ3) is 3.85. The molecular weight excluding hydrogens is 296 g/mol. The Hall–Kier alpha value is -1.80. The van der Waals surface area contributed by atoms with Crippen molar-refractivity contribution in [3.8, 4) is 5.75 Å². The van der Waals surface area contributed by atoms with Crippen molar-refractivity contribution in [3.63, 3.8) is 0 Å². The van der Waals surface area contributed by atoms with Crippen LogP contribution in [0.25, 0.3) is 0 Å². The van der Waals surface area contributed by atoms with Crippen LogP contribution in [0.5, 0.6) is 5.75 Å². The first-order valence-electron chi connectivity index (χ1n) is 6.21. The van der Waals surface area contributed by atoms with E-state index in [1.165, 1.54) is 39.5 Å². The standard InChI is InChI=1S/C13H20N2O5S/c1-9(13(16)20-4)8-15(2)21(17,18)12-6-5-10(14)7-11(12)19-3/h5-7,9H,8,14H2,1-4H3. The summed E-state index contributed by atoms with van der Waals surface area (Å²) >= 11 is 0. The second kappa shape index (κ2) is 6.77. The topological polar surface area (TPSA) is 98.9 Å². The zero-order valence-electron chi connectivity index (χ0n) is 12.5. The Morgan fingerprint density at radius 2 is 2.00 bits per heavy atom. The Balaban J connectivity index is 3.08. The molecule has 1 aromatic carbocycles. The van der Waals surface area contributed by atoms with Crippen LogP contribution in [0.15, 0.2) is 23.1 Å². The predicted octanol–water partition coefficient (Wildman–Crippen LogP) is 0.707. The van der Waals surface area contributed by atoms with E-state index in [-0.39, 0.29) is 17.2 Å². The minimum Gasteiger partial charge on any atom is -0.495 e. The molecule has 0 saturated carbocycles. The lowest BCUT2D eigenvalue weighted by molar-refractivity contribution is -0.144. The highest BCUT2D eigenvalue weighted by Crippen LogP contribution is 2.28. The summed E-state index contributed by atoms with van der Waals surface area (Å²) in [6.07, 6.45) is 0. The maximum Gasteiger partial charge on any atom is 0.309 e. The molecule has 0 aromatic heterocycles. The number of rotatable bonds is 6. The summed E-state index contributed by atoms with van der Waals surface area (Å²) in [4.78, 5) is 11.4. The molecule has 0 aliphatic heterocycles. The third-order valence-corrected chi connectivity index (χ3v) is 4.87. The largest absolute Gasteiger partial charge is 0.495 e. The van der Waals surface area contributed by atoms with Crippen molar-refractivity contribution in [1.82, 2.24) is 4.31 Å². The fourth-order valence-electron chi connectivity index (χ4n) is 1.82. The number of hydrogen-bond acceptors (Lipinski definition) is 6. The van der Waals surface area contributed by atoms with E-state index >= 15 is 0 Å². The van der Waals surface area contributed by atoms with E-state index in [4.69, 9.17) is 10.5 Å². The first-order valence-corrected chi connectivity index (χ1v) is 7.65. The molecule has 0 fully saturated rings. The van der Waals surface area contributed by atoms with Crippen molar-refractivity contribution in [2.45, 2.75) is 11.8 Å². The van der Waals surface area contributed by atoms with Gasteiger partial charge in [-0.1, -0.05) is 6.92 Å². The van der Waals surface area contributed by atoms with Gasteiger partial charge in [-0.2, -0.15) is 4.31 Å². The fourth-order valence-corrected chi connectivity index (χ4v) is 3.22. The van der Waals surface area contributed by atoms with Crippen molar-refractivity contribution in [1.29, 1.82) is 0 Å². The molecule has 0 radical (unpaired) electrons. The molecule has 0 heterocycles. The van der Waals surface area contributed by atoms with Crippen LogP contribution in [0.4, 0.5) is 5.69 Å².